The minimum atomic E-state index is -5.00. The van der Waals surface area contributed by atoms with Gasteiger partial charge in [-0.1, -0.05) is 69.3 Å². The standard InChI is InChI=1S/C20H19F3O2/c1-19(2,3)16-10-8-14(9-11-16)13-4-6-15(7-5-13)17(24)12-18(25)20(21,22)23/h4-12,24H,1-3H3. The highest BCUT2D eigenvalue weighted by Crippen LogP contribution is 2.27. The van der Waals surface area contributed by atoms with Crippen LogP contribution in [0.5, 0.6) is 0 Å². The van der Waals surface area contributed by atoms with Gasteiger partial charge in [-0.25, -0.2) is 0 Å². The van der Waals surface area contributed by atoms with Gasteiger partial charge in [-0.05, 0) is 22.1 Å². The second kappa shape index (κ2) is 6.75. The normalized spacial score (nSPS) is 13.0. The van der Waals surface area contributed by atoms with Crippen LogP contribution >= 0.6 is 0 Å². The largest absolute Gasteiger partial charge is 0.507 e. The number of rotatable bonds is 3. The lowest BCUT2D eigenvalue weighted by Crippen LogP contribution is -2.20. The number of alkyl halides is 3. The highest BCUT2D eigenvalue weighted by atomic mass is 19.4. The fourth-order valence-corrected chi connectivity index (χ4v) is 2.29. The number of benzene rings is 2. The molecule has 0 radical (unpaired) electrons. The van der Waals surface area contributed by atoms with Crippen LogP contribution < -0.4 is 0 Å². The van der Waals surface area contributed by atoms with Crippen molar-refractivity contribution in [1.29, 1.82) is 0 Å². The maximum absolute atomic E-state index is 12.2. The third kappa shape index (κ3) is 4.72. The molecule has 2 aromatic carbocycles. The Labute approximate surface area is 144 Å². The highest BCUT2D eigenvalue weighted by molar-refractivity contribution is 5.99. The predicted octanol–water partition coefficient (Wildman–Crippen LogP) is 5.68. The molecular formula is C20H19F3O2. The van der Waals surface area contributed by atoms with Gasteiger partial charge in [0, 0.05) is 11.6 Å². The molecule has 5 heteroatoms. The zero-order valence-electron chi connectivity index (χ0n) is 14.2. The average Bonchev–Trinajstić information content (AvgIpc) is 2.53. The van der Waals surface area contributed by atoms with Crippen LogP contribution in [0.1, 0.15) is 31.9 Å². The van der Waals surface area contributed by atoms with E-state index < -0.39 is 17.7 Å². The van der Waals surface area contributed by atoms with Crippen LogP contribution in [-0.4, -0.2) is 17.1 Å². The quantitative estimate of drug-likeness (QED) is 0.572. The maximum atomic E-state index is 12.2. The van der Waals surface area contributed by atoms with Crippen LogP contribution in [0.4, 0.5) is 13.2 Å². The van der Waals surface area contributed by atoms with E-state index >= 15 is 0 Å². The molecule has 0 aromatic heterocycles. The molecule has 0 bridgehead atoms. The number of allylic oxidation sites excluding steroid dienone is 1. The van der Waals surface area contributed by atoms with Crippen LogP contribution in [-0.2, 0) is 10.2 Å². The molecule has 0 aliphatic rings. The topological polar surface area (TPSA) is 37.3 Å². The van der Waals surface area contributed by atoms with E-state index in [4.69, 9.17) is 0 Å². The average molecular weight is 348 g/mol. The predicted molar refractivity (Wildman–Crippen MR) is 92.2 cm³/mol. The van der Waals surface area contributed by atoms with E-state index in [1.807, 2.05) is 24.3 Å². The van der Waals surface area contributed by atoms with Crippen LogP contribution in [0.25, 0.3) is 16.9 Å². The van der Waals surface area contributed by atoms with Gasteiger partial charge in [0.25, 0.3) is 5.78 Å². The Bertz CT molecular complexity index is 778. The van der Waals surface area contributed by atoms with Crippen molar-refractivity contribution in [2.45, 2.75) is 32.4 Å². The third-order valence-electron chi connectivity index (χ3n) is 3.81. The van der Waals surface area contributed by atoms with E-state index in [0.29, 0.717) is 0 Å². The van der Waals surface area contributed by atoms with Crippen molar-refractivity contribution in [3.63, 3.8) is 0 Å². The highest BCUT2D eigenvalue weighted by Gasteiger charge is 2.37. The number of halogens is 3. The molecule has 0 amide bonds. The molecule has 2 aromatic rings. The number of hydrogen-bond acceptors (Lipinski definition) is 2. The van der Waals surface area contributed by atoms with Gasteiger partial charge in [-0.15, -0.1) is 0 Å². The van der Waals surface area contributed by atoms with Gasteiger partial charge in [0.15, 0.2) is 0 Å². The lowest BCUT2D eigenvalue weighted by molar-refractivity contribution is -0.165. The van der Waals surface area contributed by atoms with Crippen molar-refractivity contribution in [3.05, 3.63) is 65.7 Å². The Morgan fingerprint density at radius 1 is 0.880 bits per heavy atom. The summed E-state index contributed by atoms with van der Waals surface area (Å²) in [7, 11) is 0. The SMILES string of the molecule is CC(C)(C)c1ccc(-c2ccc(C(O)=CC(=O)C(F)(F)F)cc2)cc1. The Kier molecular flexibility index (Phi) is 5.07. The molecule has 0 atom stereocenters. The first-order chi connectivity index (χ1) is 11.5. The molecule has 0 unspecified atom stereocenters. The summed E-state index contributed by atoms with van der Waals surface area (Å²) < 4.78 is 36.7. The van der Waals surface area contributed by atoms with Crippen molar-refractivity contribution in [2.75, 3.05) is 0 Å². The molecule has 2 rings (SSSR count). The fourth-order valence-electron chi connectivity index (χ4n) is 2.29. The van der Waals surface area contributed by atoms with E-state index in [0.717, 1.165) is 11.1 Å². The minimum Gasteiger partial charge on any atom is -0.507 e. The van der Waals surface area contributed by atoms with Gasteiger partial charge in [0.05, 0.1) is 0 Å². The monoisotopic (exact) mass is 348 g/mol. The lowest BCUT2D eigenvalue weighted by Gasteiger charge is -2.19. The first kappa shape index (κ1) is 18.8. The fraction of sp³-hybridized carbons (Fsp3) is 0.250. The van der Waals surface area contributed by atoms with Crippen molar-refractivity contribution in [3.8, 4) is 11.1 Å². The van der Waals surface area contributed by atoms with Gasteiger partial charge in [0.1, 0.15) is 5.76 Å². The second-order valence-electron chi connectivity index (χ2n) is 6.80. The Balaban J connectivity index is 2.22. The molecule has 0 aliphatic carbocycles. The van der Waals surface area contributed by atoms with Gasteiger partial charge in [-0.3, -0.25) is 4.79 Å². The third-order valence-corrected chi connectivity index (χ3v) is 3.81. The van der Waals surface area contributed by atoms with Gasteiger partial charge >= 0.3 is 6.18 Å². The van der Waals surface area contributed by atoms with E-state index in [1.165, 1.54) is 17.7 Å². The van der Waals surface area contributed by atoms with Gasteiger partial charge in [0.2, 0.25) is 0 Å². The molecule has 1 N–H and O–H groups in total. The zero-order chi connectivity index (χ0) is 18.8. The summed E-state index contributed by atoms with van der Waals surface area (Å²) >= 11 is 0. The Hall–Kier alpha value is -2.56. The summed E-state index contributed by atoms with van der Waals surface area (Å²) in [6.07, 6.45) is -4.81. The summed E-state index contributed by atoms with van der Waals surface area (Å²) in [4.78, 5) is 10.9. The molecule has 0 fully saturated rings. The summed E-state index contributed by atoms with van der Waals surface area (Å²) in [6, 6.07) is 14.3. The molecule has 2 nitrogen and oxygen atoms in total. The number of carbonyl (C=O) groups is 1. The molecule has 132 valence electrons. The van der Waals surface area contributed by atoms with Crippen molar-refractivity contribution < 1.29 is 23.1 Å². The smallest absolute Gasteiger partial charge is 0.454 e. The molecule has 0 spiro atoms. The van der Waals surface area contributed by atoms with Crippen molar-refractivity contribution in [2.24, 2.45) is 0 Å². The summed E-state index contributed by atoms with van der Waals surface area (Å²) in [6.45, 7) is 6.36. The zero-order valence-corrected chi connectivity index (χ0v) is 14.2. The number of aliphatic hydroxyl groups excluding tert-OH is 1. The maximum Gasteiger partial charge on any atom is 0.454 e. The van der Waals surface area contributed by atoms with E-state index in [9.17, 15) is 23.1 Å². The summed E-state index contributed by atoms with van der Waals surface area (Å²) in [5.74, 6) is -2.80. The first-order valence-corrected chi connectivity index (χ1v) is 7.71. The number of aliphatic hydroxyl groups is 1. The lowest BCUT2D eigenvalue weighted by atomic mass is 9.86. The van der Waals surface area contributed by atoms with Crippen LogP contribution in [0.3, 0.4) is 0 Å². The molecule has 0 saturated carbocycles. The van der Waals surface area contributed by atoms with Crippen LogP contribution in [0.15, 0.2) is 54.6 Å². The summed E-state index contributed by atoms with van der Waals surface area (Å²) in [5, 5.41) is 9.68. The van der Waals surface area contributed by atoms with Gasteiger partial charge < -0.3 is 5.11 Å². The molecule has 0 aliphatic heterocycles. The first-order valence-electron chi connectivity index (χ1n) is 7.71. The number of hydrogen-bond donors (Lipinski definition) is 1. The van der Waals surface area contributed by atoms with Crippen molar-refractivity contribution in [1.82, 2.24) is 0 Å². The van der Waals surface area contributed by atoms with E-state index in [2.05, 4.69) is 20.8 Å². The van der Waals surface area contributed by atoms with Gasteiger partial charge in [-0.2, -0.15) is 13.2 Å². The van der Waals surface area contributed by atoms with Crippen LogP contribution in [0, 0.1) is 0 Å². The van der Waals surface area contributed by atoms with Crippen LogP contribution in [0.2, 0.25) is 0 Å². The Morgan fingerprint density at radius 2 is 1.32 bits per heavy atom. The van der Waals surface area contributed by atoms with E-state index in [1.54, 1.807) is 12.1 Å². The van der Waals surface area contributed by atoms with Crippen molar-refractivity contribution >= 4 is 11.5 Å². The number of ketones is 1. The molecule has 0 saturated heterocycles. The number of carbonyl (C=O) groups excluding carboxylic acids is 1. The molecule has 25 heavy (non-hydrogen) atoms. The molecular weight excluding hydrogens is 329 g/mol. The summed E-state index contributed by atoms with van der Waals surface area (Å²) in [5.41, 5.74) is 3.20. The second-order valence-corrected chi connectivity index (χ2v) is 6.80. The van der Waals surface area contributed by atoms with E-state index in [-0.39, 0.29) is 17.1 Å². The Morgan fingerprint density at radius 3 is 1.72 bits per heavy atom. The molecule has 0 heterocycles. The minimum absolute atomic E-state index is 0.0456.